The van der Waals surface area contributed by atoms with E-state index in [4.69, 9.17) is 9.72 Å². The predicted molar refractivity (Wildman–Crippen MR) is 249 cm³/mol. The lowest BCUT2D eigenvalue weighted by atomic mass is 9.84. The Morgan fingerprint density at radius 2 is 1.17 bits per heavy atom. The molecule has 0 spiro atoms. The number of rotatable bonds is 6. The quantitative estimate of drug-likeness (QED) is 0.168. The SMILES string of the molecule is CC(C)(C)c1cc(-c2ccccc2)cc(N2CN(c3cccc(Oc4ccc5c6c(C(C)(C)C)cccc6n(-c6cc(C(C)(C)C)ccn6)c5c4)c3)c3ccccc32)c1. The third kappa shape index (κ3) is 7.13. The molecular formula is C54H54N4O. The normalized spacial score (nSPS) is 13.4. The maximum absolute atomic E-state index is 6.79. The van der Waals surface area contributed by atoms with Gasteiger partial charge < -0.3 is 14.5 Å². The Morgan fingerprint density at radius 3 is 1.88 bits per heavy atom. The van der Waals surface area contributed by atoms with Crippen molar-refractivity contribution in [1.82, 2.24) is 9.55 Å². The summed E-state index contributed by atoms with van der Waals surface area (Å²) >= 11 is 0. The first-order valence-electron chi connectivity index (χ1n) is 20.8. The molecule has 1 aliphatic rings. The van der Waals surface area contributed by atoms with Crippen LogP contribution in [0.3, 0.4) is 0 Å². The van der Waals surface area contributed by atoms with Gasteiger partial charge in [0.2, 0.25) is 0 Å². The molecule has 0 fully saturated rings. The summed E-state index contributed by atoms with van der Waals surface area (Å²) in [5.41, 5.74) is 13.1. The average molecular weight is 775 g/mol. The Kier molecular flexibility index (Phi) is 9.19. The number of hydrogen-bond donors (Lipinski definition) is 0. The highest BCUT2D eigenvalue weighted by Gasteiger charge is 2.30. The number of pyridine rings is 1. The number of ether oxygens (including phenoxy) is 1. The summed E-state index contributed by atoms with van der Waals surface area (Å²) in [6, 6.07) is 52.5. The summed E-state index contributed by atoms with van der Waals surface area (Å²) in [4.78, 5) is 9.78. The largest absolute Gasteiger partial charge is 0.457 e. The summed E-state index contributed by atoms with van der Waals surface area (Å²) in [5, 5.41) is 2.45. The highest BCUT2D eigenvalue weighted by molar-refractivity contribution is 6.11. The maximum atomic E-state index is 6.79. The van der Waals surface area contributed by atoms with Gasteiger partial charge in [-0.2, -0.15) is 0 Å². The van der Waals surface area contributed by atoms with Gasteiger partial charge in [0, 0.05) is 40.5 Å². The zero-order valence-electron chi connectivity index (χ0n) is 35.8. The molecule has 5 nitrogen and oxygen atoms in total. The molecule has 6 aromatic carbocycles. The molecule has 59 heavy (non-hydrogen) atoms. The fourth-order valence-corrected chi connectivity index (χ4v) is 8.49. The van der Waals surface area contributed by atoms with Gasteiger partial charge >= 0.3 is 0 Å². The van der Waals surface area contributed by atoms with Gasteiger partial charge in [0.05, 0.1) is 22.4 Å². The minimum atomic E-state index is -0.0434. The van der Waals surface area contributed by atoms with E-state index in [0.29, 0.717) is 6.67 Å². The fraction of sp³-hybridized carbons (Fsp3) is 0.241. The molecule has 5 heteroatoms. The van der Waals surface area contributed by atoms with Crippen molar-refractivity contribution in [1.29, 1.82) is 0 Å². The van der Waals surface area contributed by atoms with E-state index in [1.54, 1.807) is 0 Å². The highest BCUT2D eigenvalue weighted by Crippen LogP contribution is 2.47. The van der Waals surface area contributed by atoms with Crippen molar-refractivity contribution >= 4 is 44.6 Å². The van der Waals surface area contributed by atoms with Crippen LogP contribution in [0.4, 0.5) is 22.7 Å². The van der Waals surface area contributed by atoms with E-state index in [1.165, 1.54) is 50.0 Å². The van der Waals surface area contributed by atoms with Crippen LogP contribution >= 0.6 is 0 Å². The standard InChI is InChI=1S/C54H54N4O/c1-52(2,3)38-27-28-55-50(32-38)58-48-24-16-21-45(54(7,8)9)51(48)44-26-25-43(34-49(44)58)59-42-20-15-19-40(33-42)56-35-57(47-23-14-13-22-46(47)56)41-30-37(36-17-11-10-12-18-36)29-39(31-41)53(4,5)6/h10-34H,35H2,1-9H3. The first-order chi connectivity index (χ1) is 28.1. The van der Waals surface area contributed by atoms with Gasteiger partial charge in [-0.25, -0.2) is 4.98 Å². The molecule has 0 aliphatic carbocycles. The van der Waals surface area contributed by atoms with E-state index in [-0.39, 0.29) is 16.2 Å². The summed E-state index contributed by atoms with van der Waals surface area (Å²) in [6.45, 7) is 21.2. The van der Waals surface area contributed by atoms with Gasteiger partial charge in [0.1, 0.15) is 24.0 Å². The Balaban J connectivity index is 1.10. The van der Waals surface area contributed by atoms with Gasteiger partial charge in [-0.3, -0.25) is 4.57 Å². The van der Waals surface area contributed by atoms with Crippen molar-refractivity contribution < 1.29 is 4.74 Å². The molecule has 0 unspecified atom stereocenters. The number of nitrogens with zero attached hydrogens (tertiary/aromatic N) is 4. The molecule has 0 bridgehead atoms. The Hall–Kier alpha value is -6.33. The lowest BCUT2D eigenvalue weighted by Gasteiger charge is -2.26. The smallest absolute Gasteiger partial charge is 0.137 e. The molecule has 0 radical (unpaired) electrons. The number of hydrogen-bond acceptors (Lipinski definition) is 4. The van der Waals surface area contributed by atoms with E-state index >= 15 is 0 Å². The molecule has 9 rings (SSSR count). The number of fused-ring (bicyclic) bond motifs is 4. The van der Waals surface area contributed by atoms with Crippen LogP contribution in [-0.2, 0) is 16.2 Å². The molecule has 0 amide bonds. The third-order valence-electron chi connectivity index (χ3n) is 11.7. The van der Waals surface area contributed by atoms with Crippen molar-refractivity contribution in [2.75, 3.05) is 16.5 Å². The van der Waals surface area contributed by atoms with Crippen LogP contribution in [-0.4, -0.2) is 16.2 Å². The topological polar surface area (TPSA) is 33.5 Å². The lowest BCUT2D eigenvalue weighted by Crippen LogP contribution is -2.24. The second-order valence-corrected chi connectivity index (χ2v) is 19.1. The first kappa shape index (κ1) is 38.2. The van der Waals surface area contributed by atoms with Crippen molar-refractivity contribution in [2.24, 2.45) is 0 Å². The van der Waals surface area contributed by atoms with Crippen LogP contribution in [0.5, 0.6) is 11.5 Å². The molecule has 296 valence electrons. The molecule has 1 aliphatic heterocycles. The molecule has 3 heterocycles. The van der Waals surface area contributed by atoms with Gasteiger partial charge in [0.15, 0.2) is 0 Å². The van der Waals surface area contributed by atoms with E-state index in [9.17, 15) is 0 Å². The minimum Gasteiger partial charge on any atom is -0.457 e. The fourth-order valence-electron chi connectivity index (χ4n) is 8.49. The number of para-hydroxylation sites is 2. The van der Waals surface area contributed by atoms with Crippen LogP contribution < -0.4 is 14.5 Å². The molecule has 0 saturated carbocycles. The van der Waals surface area contributed by atoms with E-state index < -0.39 is 0 Å². The second kappa shape index (κ2) is 14.2. The summed E-state index contributed by atoms with van der Waals surface area (Å²) in [5.74, 6) is 2.47. The summed E-state index contributed by atoms with van der Waals surface area (Å²) in [6.07, 6.45) is 1.94. The lowest BCUT2D eigenvalue weighted by molar-refractivity contribution is 0.483. The predicted octanol–water partition coefficient (Wildman–Crippen LogP) is 14.8. The number of anilines is 4. The molecule has 0 atom stereocenters. The zero-order chi connectivity index (χ0) is 41.3. The number of benzene rings is 6. The van der Waals surface area contributed by atoms with Crippen molar-refractivity contribution in [3.8, 4) is 28.4 Å². The Morgan fingerprint density at radius 1 is 0.492 bits per heavy atom. The molecular weight excluding hydrogens is 721 g/mol. The first-order valence-corrected chi connectivity index (χ1v) is 20.8. The molecule has 2 aromatic heterocycles. The zero-order valence-corrected chi connectivity index (χ0v) is 35.8. The molecule has 8 aromatic rings. The summed E-state index contributed by atoms with van der Waals surface area (Å²) < 4.78 is 9.10. The molecule has 0 N–H and O–H groups in total. The number of aromatic nitrogens is 2. The van der Waals surface area contributed by atoms with E-state index in [0.717, 1.165) is 39.7 Å². The van der Waals surface area contributed by atoms with Gasteiger partial charge in [-0.05, 0) is 111 Å². The third-order valence-corrected chi connectivity index (χ3v) is 11.7. The van der Waals surface area contributed by atoms with Gasteiger partial charge in [-0.15, -0.1) is 0 Å². The van der Waals surface area contributed by atoms with Crippen LogP contribution in [0.25, 0.3) is 38.8 Å². The van der Waals surface area contributed by atoms with Crippen molar-refractivity contribution in [3.63, 3.8) is 0 Å². The van der Waals surface area contributed by atoms with Crippen LogP contribution in [0, 0.1) is 0 Å². The molecule has 0 saturated heterocycles. The van der Waals surface area contributed by atoms with Crippen LogP contribution in [0.1, 0.15) is 79.0 Å². The Labute approximate surface area is 349 Å². The monoisotopic (exact) mass is 774 g/mol. The van der Waals surface area contributed by atoms with Crippen molar-refractivity contribution in [2.45, 2.75) is 78.6 Å². The average Bonchev–Trinajstić information content (AvgIpc) is 3.76. The minimum absolute atomic E-state index is 0.0105. The van der Waals surface area contributed by atoms with Crippen LogP contribution in [0.2, 0.25) is 0 Å². The highest BCUT2D eigenvalue weighted by atomic mass is 16.5. The Bertz CT molecular complexity index is 2850. The van der Waals surface area contributed by atoms with Gasteiger partial charge in [-0.1, -0.05) is 129 Å². The summed E-state index contributed by atoms with van der Waals surface area (Å²) in [7, 11) is 0. The van der Waals surface area contributed by atoms with Crippen LogP contribution in [0.15, 0.2) is 152 Å². The second-order valence-electron chi connectivity index (χ2n) is 19.1. The maximum Gasteiger partial charge on any atom is 0.137 e. The van der Waals surface area contributed by atoms with E-state index in [1.807, 2.05) is 12.3 Å². The van der Waals surface area contributed by atoms with E-state index in [2.05, 4.69) is 216 Å². The van der Waals surface area contributed by atoms with Gasteiger partial charge in [0.25, 0.3) is 0 Å². The van der Waals surface area contributed by atoms with Crippen molar-refractivity contribution in [3.05, 3.63) is 168 Å².